The predicted molar refractivity (Wildman–Crippen MR) is 80.4 cm³/mol. The van der Waals surface area contributed by atoms with Gasteiger partial charge in [0.25, 0.3) is 0 Å². The SMILES string of the molecule is CCCC1(Cc2csc3ccccc23)CCCN1. The van der Waals surface area contributed by atoms with Crippen LogP contribution < -0.4 is 5.32 Å². The van der Waals surface area contributed by atoms with Gasteiger partial charge in [-0.3, -0.25) is 0 Å². The largest absolute Gasteiger partial charge is 0.311 e. The summed E-state index contributed by atoms with van der Waals surface area (Å²) in [7, 11) is 0. The van der Waals surface area contributed by atoms with Crippen molar-refractivity contribution in [2.24, 2.45) is 0 Å². The molecule has 1 nitrogen and oxygen atoms in total. The molecule has 1 fully saturated rings. The lowest BCUT2D eigenvalue weighted by Gasteiger charge is -2.29. The van der Waals surface area contributed by atoms with Gasteiger partial charge in [0.2, 0.25) is 0 Å². The third-order valence-electron chi connectivity index (χ3n) is 4.15. The molecule has 0 radical (unpaired) electrons. The highest BCUT2D eigenvalue weighted by Crippen LogP contribution is 2.33. The minimum absolute atomic E-state index is 0.374. The maximum Gasteiger partial charge on any atom is 0.0345 e. The molecular formula is C16H21NS. The maximum absolute atomic E-state index is 3.78. The Labute approximate surface area is 113 Å². The van der Waals surface area contributed by atoms with Gasteiger partial charge in [-0.05, 0) is 54.6 Å². The van der Waals surface area contributed by atoms with Crippen LogP contribution in [0.5, 0.6) is 0 Å². The lowest BCUT2D eigenvalue weighted by Crippen LogP contribution is -2.41. The van der Waals surface area contributed by atoms with E-state index in [1.54, 1.807) is 5.56 Å². The number of hydrogen-bond donors (Lipinski definition) is 1. The number of thiophene rings is 1. The molecule has 1 aromatic heterocycles. The van der Waals surface area contributed by atoms with E-state index < -0.39 is 0 Å². The monoisotopic (exact) mass is 259 g/mol. The molecular weight excluding hydrogens is 238 g/mol. The van der Waals surface area contributed by atoms with E-state index in [1.165, 1.54) is 48.7 Å². The zero-order valence-electron chi connectivity index (χ0n) is 11.0. The molecule has 2 heterocycles. The van der Waals surface area contributed by atoms with Gasteiger partial charge in [0, 0.05) is 10.2 Å². The summed E-state index contributed by atoms with van der Waals surface area (Å²) in [5.74, 6) is 0. The first-order chi connectivity index (χ1) is 8.83. The van der Waals surface area contributed by atoms with Crippen LogP contribution in [-0.2, 0) is 6.42 Å². The van der Waals surface area contributed by atoms with Crippen molar-refractivity contribution >= 4 is 21.4 Å². The summed E-state index contributed by atoms with van der Waals surface area (Å²) in [6.45, 7) is 3.50. The number of hydrogen-bond acceptors (Lipinski definition) is 2. The van der Waals surface area contributed by atoms with Gasteiger partial charge in [-0.1, -0.05) is 31.5 Å². The summed E-state index contributed by atoms with van der Waals surface area (Å²) in [5, 5.41) is 7.61. The Kier molecular flexibility index (Phi) is 3.40. The van der Waals surface area contributed by atoms with E-state index in [-0.39, 0.29) is 0 Å². The molecule has 0 saturated carbocycles. The van der Waals surface area contributed by atoms with E-state index in [0.29, 0.717) is 5.54 Å². The van der Waals surface area contributed by atoms with Crippen LogP contribution in [0.4, 0.5) is 0 Å². The molecule has 0 aliphatic carbocycles. The third-order valence-corrected chi connectivity index (χ3v) is 5.16. The maximum atomic E-state index is 3.78. The molecule has 2 aromatic rings. The minimum Gasteiger partial charge on any atom is -0.311 e. The van der Waals surface area contributed by atoms with Crippen molar-refractivity contribution in [1.29, 1.82) is 0 Å². The highest BCUT2D eigenvalue weighted by Gasteiger charge is 2.32. The van der Waals surface area contributed by atoms with Crippen molar-refractivity contribution < 1.29 is 0 Å². The summed E-state index contributed by atoms with van der Waals surface area (Å²) in [5.41, 5.74) is 1.91. The van der Waals surface area contributed by atoms with Crippen molar-refractivity contribution in [1.82, 2.24) is 5.32 Å². The number of fused-ring (bicyclic) bond motifs is 1. The average molecular weight is 259 g/mol. The van der Waals surface area contributed by atoms with Gasteiger partial charge in [0.05, 0.1) is 0 Å². The second-order valence-corrected chi connectivity index (χ2v) is 6.41. The van der Waals surface area contributed by atoms with Gasteiger partial charge in [-0.2, -0.15) is 0 Å². The van der Waals surface area contributed by atoms with Crippen LogP contribution >= 0.6 is 11.3 Å². The Balaban J connectivity index is 1.90. The quantitative estimate of drug-likeness (QED) is 0.860. The van der Waals surface area contributed by atoms with Crippen LogP contribution in [0.25, 0.3) is 10.1 Å². The van der Waals surface area contributed by atoms with E-state index >= 15 is 0 Å². The van der Waals surface area contributed by atoms with Crippen LogP contribution in [0.3, 0.4) is 0 Å². The average Bonchev–Trinajstić information content (AvgIpc) is 2.99. The van der Waals surface area contributed by atoms with Crippen LogP contribution in [-0.4, -0.2) is 12.1 Å². The van der Waals surface area contributed by atoms with Gasteiger partial charge in [0.1, 0.15) is 0 Å². The standard InChI is InChI=1S/C16H21NS/c1-2-8-16(9-5-10-17-16)11-13-12-18-15-7-4-3-6-14(13)15/h3-4,6-7,12,17H,2,5,8-11H2,1H3. The topological polar surface area (TPSA) is 12.0 Å². The normalized spacial score (nSPS) is 23.8. The van der Waals surface area contributed by atoms with Crippen LogP contribution in [0.2, 0.25) is 0 Å². The van der Waals surface area contributed by atoms with Crippen molar-refractivity contribution in [3.05, 3.63) is 35.2 Å². The Morgan fingerprint density at radius 1 is 1.33 bits per heavy atom. The fourth-order valence-electron chi connectivity index (χ4n) is 3.33. The van der Waals surface area contributed by atoms with Crippen molar-refractivity contribution in [3.8, 4) is 0 Å². The van der Waals surface area contributed by atoms with E-state index in [4.69, 9.17) is 0 Å². The van der Waals surface area contributed by atoms with Gasteiger partial charge >= 0.3 is 0 Å². The van der Waals surface area contributed by atoms with Gasteiger partial charge in [-0.25, -0.2) is 0 Å². The van der Waals surface area contributed by atoms with Crippen LogP contribution in [0.1, 0.15) is 38.2 Å². The molecule has 1 aliphatic heterocycles. The van der Waals surface area contributed by atoms with Crippen molar-refractivity contribution in [2.75, 3.05) is 6.54 Å². The van der Waals surface area contributed by atoms with Crippen LogP contribution in [0.15, 0.2) is 29.6 Å². The van der Waals surface area contributed by atoms with Gasteiger partial charge in [-0.15, -0.1) is 11.3 Å². The number of benzene rings is 1. The second kappa shape index (κ2) is 5.02. The molecule has 1 atom stereocenters. The van der Waals surface area contributed by atoms with E-state index in [9.17, 15) is 0 Å². The molecule has 96 valence electrons. The summed E-state index contributed by atoms with van der Waals surface area (Å²) in [6.07, 6.45) is 6.45. The van der Waals surface area contributed by atoms with E-state index in [1.807, 2.05) is 11.3 Å². The molecule has 1 unspecified atom stereocenters. The Morgan fingerprint density at radius 2 is 2.22 bits per heavy atom. The number of nitrogens with one attached hydrogen (secondary N) is 1. The van der Waals surface area contributed by atoms with E-state index in [2.05, 4.69) is 41.9 Å². The fraction of sp³-hybridized carbons (Fsp3) is 0.500. The molecule has 0 bridgehead atoms. The zero-order chi connectivity index (χ0) is 12.4. The van der Waals surface area contributed by atoms with Crippen molar-refractivity contribution in [2.45, 2.75) is 44.6 Å². The highest BCUT2D eigenvalue weighted by molar-refractivity contribution is 7.17. The second-order valence-electron chi connectivity index (χ2n) is 5.49. The summed E-state index contributed by atoms with van der Waals surface area (Å²) in [6, 6.07) is 8.80. The van der Waals surface area contributed by atoms with Crippen LogP contribution in [0, 0.1) is 0 Å². The molecule has 1 saturated heterocycles. The number of rotatable bonds is 4. The first kappa shape index (κ1) is 12.2. The Hall–Kier alpha value is -0.860. The van der Waals surface area contributed by atoms with E-state index in [0.717, 1.165) is 0 Å². The van der Waals surface area contributed by atoms with Crippen molar-refractivity contribution in [3.63, 3.8) is 0 Å². The third kappa shape index (κ3) is 2.19. The molecule has 18 heavy (non-hydrogen) atoms. The zero-order valence-corrected chi connectivity index (χ0v) is 11.9. The predicted octanol–water partition coefficient (Wildman–Crippen LogP) is 4.37. The highest BCUT2D eigenvalue weighted by atomic mass is 32.1. The summed E-state index contributed by atoms with van der Waals surface area (Å²) >= 11 is 1.89. The summed E-state index contributed by atoms with van der Waals surface area (Å²) in [4.78, 5) is 0. The Bertz CT molecular complexity index is 523. The van der Waals surface area contributed by atoms with Gasteiger partial charge < -0.3 is 5.32 Å². The molecule has 1 N–H and O–H groups in total. The molecule has 3 rings (SSSR count). The molecule has 0 amide bonds. The molecule has 0 spiro atoms. The fourth-order valence-corrected chi connectivity index (χ4v) is 4.30. The molecule has 1 aliphatic rings. The lowest BCUT2D eigenvalue weighted by atomic mass is 9.85. The lowest BCUT2D eigenvalue weighted by molar-refractivity contribution is 0.343. The molecule has 1 aromatic carbocycles. The smallest absolute Gasteiger partial charge is 0.0345 e. The molecule has 2 heteroatoms. The summed E-state index contributed by atoms with van der Waals surface area (Å²) < 4.78 is 1.43. The Morgan fingerprint density at radius 3 is 3.00 bits per heavy atom. The first-order valence-corrected chi connectivity index (χ1v) is 7.91. The minimum atomic E-state index is 0.374. The first-order valence-electron chi connectivity index (χ1n) is 7.03. The van der Waals surface area contributed by atoms with Gasteiger partial charge in [0.15, 0.2) is 0 Å².